The van der Waals surface area contributed by atoms with Gasteiger partial charge in [-0.2, -0.15) is 12.6 Å². The predicted molar refractivity (Wildman–Crippen MR) is 110 cm³/mol. The van der Waals surface area contributed by atoms with E-state index in [0.717, 1.165) is 5.56 Å². The van der Waals surface area contributed by atoms with Gasteiger partial charge < -0.3 is 31.5 Å². The maximum absolute atomic E-state index is 12.1. The molecule has 0 aliphatic rings. The summed E-state index contributed by atoms with van der Waals surface area (Å²) in [6.07, 6.45) is 0.384. The third-order valence-corrected chi connectivity index (χ3v) is 4.06. The Morgan fingerprint density at radius 2 is 1.63 bits per heavy atom. The van der Waals surface area contributed by atoms with E-state index >= 15 is 0 Å². The fourth-order valence-electron chi connectivity index (χ4n) is 2.22. The Labute approximate surface area is 178 Å². The van der Waals surface area contributed by atoms with Crippen molar-refractivity contribution in [2.45, 2.75) is 18.9 Å². The minimum atomic E-state index is -1.59. The van der Waals surface area contributed by atoms with Crippen molar-refractivity contribution in [2.75, 3.05) is 30.8 Å². The maximum Gasteiger partial charge on any atom is 0.394 e. The van der Waals surface area contributed by atoms with Gasteiger partial charge in [0.05, 0.1) is 12.4 Å². The van der Waals surface area contributed by atoms with Crippen LogP contribution in [0, 0.1) is 0 Å². The second kappa shape index (κ2) is 13.2. The van der Waals surface area contributed by atoms with Crippen molar-refractivity contribution in [3.05, 3.63) is 29.8 Å². The van der Waals surface area contributed by atoms with Crippen molar-refractivity contribution in [3.8, 4) is 0 Å². The molecular weight excluding hydrogens is 416 g/mol. The van der Waals surface area contributed by atoms with Crippen LogP contribution in [0.2, 0.25) is 0 Å². The quantitative estimate of drug-likeness (QED) is 0.158. The van der Waals surface area contributed by atoms with Crippen LogP contribution in [0.1, 0.15) is 12.0 Å². The second-order valence-electron chi connectivity index (χ2n) is 6.06. The predicted octanol–water partition coefficient (Wildman–Crippen LogP) is -1.72. The zero-order valence-corrected chi connectivity index (χ0v) is 16.9. The summed E-state index contributed by atoms with van der Waals surface area (Å²) >= 11 is 3.79. The van der Waals surface area contributed by atoms with Gasteiger partial charge in [-0.3, -0.25) is 19.2 Å². The molecule has 0 aromatic heterocycles. The summed E-state index contributed by atoms with van der Waals surface area (Å²) < 4.78 is 0. The lowest BCUT2D eigenvalue weighted by Crippen LogP contribution is -2.49. The fraction of sp³-hybridized carbons (Fsp3) is 0.389. The summed E-state index contributed by atoms with van der Waals surface area (Å²) in [6.45, 7) is -0.267. The number of aliphatic hydroxyl groups is 1. The number of amides is 4. The van der Waals surface area contributed by atoms with Gasteiger partial charge in [-0.1, -0.05) is 12.1 Å². The van der Waals surface area contributed by atoms with E-state index in [1.54, 1.807) is 12.1 Å². The summed E-state index contributed by atoms with van der Waals surface area (Å²) in [5, 5.41) is 27.5. The first-order valence-electron chi connectivity index (χ1n) is 8.95. The molecule has 30 heavy (non-hydrogen) atoms. The second-order valence-corrected chi connectivity index (χ2v) is 6.37. The number of benzene rings is 1. The molecule has 1 atom stereocenters. The van der Waals surface area contributed by atoms with Gasteiger partial charge in [0.25, 0.3) is 0 Å². The van der Waals surface area contributed by atoms with E-state index in [-0.39, 0.29) is 31.2 Å². The van der Waals surface area contributed by atoms with Gasteiger partial charge >= 0.3 is 11.9 Å². The van der Waals surface area contributed by atoms with Crippen LogP contribution in [-0.4, -0.2) is 71.3 Å². The number of carboxylic acids is 1. The highest BCUT2D eigenvalue weighted by Gasteiger charge is 2.19. The molecule has 0 spiro atoms. The number of carboxylic acid groups (broad SMARTS) is 1. The van der Waals surface area contributed by atoms with Gasteiger partial charge in [-0.15, -0.1) is 0 Å². The van der Waals surface area contributed by atoms with Crippen LogP contribution in [0.25, 0.3) is 0 Å². The maximum atomic E-state index is 12.1. The molecule has 0 heterocycles. The Bertz CT molecular complexity index is 770. The lowest BCUT2D eigenvalue weighted by Gasteiger charge is -2.16. The van der Waals surface area contributed by atoms with Gasteiger partial charge in [0.15, 0.2) is 0 Å². The molecule has 0 unspecified atom stereocenters. The SMILES string of the molecule is O=C(CS)NCCC(=O)N[C@@H](CO)C(=O)NCCc1ccc(NC(=O)C(=O)O)cc1. The van der Waals surface area contributed by atoms with E-state index in [2.05, 4.69) is 33.9 Å². The van der Waals surface area contributed by atoms with E-state index in [1.165, 1.54) is 12.1 Å². The molecule has 0 saturated heterocycles. The molecule has 1 aromatic rings. The van der Waals surface area contributed by atoms with Crippen LogP contribution in [0.3, 0.4) is 0 Å². The molecule has 4 amide bonds. The van der Waals surface area contributed by atoms with Gasteiger partial charge in [0.2, 0.25) is 17.7 Å². The molecular formula is C18H24N4O7S. The van der Waals surface area contributed by atoms with E-state index in [0.29, 0.717) is 12.1 Å². The highest BCUT2D eigenvalue weighted by atomic mass is 32.1. The van der Waals surface area contributed by atoms with Crippen LogP contribution in [0.4, 0.5) is 5.69 Å². The van der Waals surface area contributed by atoms with Gasteiger partial charge in [0.1, 0.15) is 6.04 Å². The molecule has 0 saturated carbocycles. The van der Waals surface area contributed by atoms with Crippen LogP contribution in [0.15, 0.2) is 24.3 Å². The normalized spacial score (nSPS) is 11.1. The van der Waals surface area contributed by atoms with Gasteiger partial charge in [-0.05, 0) is 24.1 Å². The molecule has 1 rings (SSSR count). The van der Waals surface area contributed by atoms with Crippen molar-refractivity contribution in [1.82, 2.24) is 16.0 Å². The molecule has 0 aliphatic heterocycles. The summed E-state index contributed by atoms with van der Waals surface area (Å²) in [5.74, 6) is -4.10. The monoisotopic (exact) mass is 440 g/mol. The van der Waals surface area contributed by atoms with Crippen LogP contribution < -0.4 is 21.3 Å². The smallest absolute Gasteiger partial charge is 0.394 e. The fourth-order valence-corrected chi connectivity index (χ4v) is 2.34. The topological polar surface area (TPSA) is 174 Å². The number of carbonyl (C=O) groups is 5. The van der Waals surface area contributed by atoms with Crippen LogP contribution in [-0.2, 0) is 30.4 Å². The van der Waals surface area contributed by atoms with Crippen LogP contribution >= 0.6 is 12.6 Å². The molecule has 0 aliphatic carbocycles. The summed E-state index contributed by atoms with van der Waals surface area (Å²) in [7, 11) is 0. The number of thiol groups is 1. The molecule has 12 heteroatoms. The van der Waals surface area contributed by atoms with E-state index < -0.39 is 36.3 Å². The molecule has 164 valence electrons. The first kappa shape index (κ1) is 24.9. The standard InChI is InChI=1S/C18H24N4O7S/c23-9-13(22-14(24)6-8-19-15(25)10-30)16(26)20-7-5-11-1-3-12(4-2-11)21-17(27)18(28)29/h1-4,13,23,30H,5-10H2,(H,19,25)(H,20,26)(H,21,27)(H,22,24)(H,28,29)/t13-/m0/s1. The number of hydrogen-bond donors (Lipinski definition) is 7. The highest BCUT2D eigenvalue weighted by Crippen LogP contribution is 2.09. The van der Waals surface area contributed by atoms with Gasteiger partial charge in [0, 0.05) is 25.2 Å². The molecule has 1 aromatic carbocycles. The molecule has 6 N–H and O–H groups in total. The number of rotatable bonds is 11. The number of aliphatic carboxylic acids is 1. The Morgan fingerprint density at radius 3 is 2.20 bits per heavy atom. The molecule has 0 radical (unpaired) electrons. The summed E-state index contributed by atoms with van der Waals surface area (Å²) in [4.78, 5) is 56.5. The number of hydrogen-bond acceptors (Lipinski definition) is 7. The molecule has 0 fully saturated rings. The first-order valence-corrected chi connectivity index (χ1v) is 9.58. The largest absolute Gasteiger partial charge is 0.474 e. The lowest BCUT2D eigenvalue weighted by molar-refractivity contribution is -0.147. The minimum absolute atomic E-state index is 0.00296. The lowest BCUT2D eigenvalue weighted by atomic mass is 10.1. The highest BCUT2D eigenvalue weighted by molar-refractivity contribution is 7.81. The number of nitrogens with one attached hydrogen (secondary N) is 4. The minimum Gasteiger partial charge on any atom is -0.474 e. The van der Waals surface area contributed by atoms with E-state index in [9.17, 15) is 29.1 Å². The Kier molecular flexibility index (Phi) is 10.9. The Morgan fingerprint density at radius 1 is 0.967 bits per heavy atom. The van der Waals surface area contributed by atoms with Crippen molar-refractivity contribution < 1.29 is 34.2 Å². The van der Waals surface area contributed by atoms with Crippen LogP contribution in [0.5, 0.6) is 0 Å². The zero-order valence-electron chi connectivity index (χ0n) is 16.0. The van der Waals surface area contributed by atoms with E-state index in [4.69, 9.17) is 5.11 Å². The Hall–Kier alpha value is -3.12. The van der Waals surface area contributed by atoms with Crippen molar-refractivity contribution in [2.24, 2.45) is 0 Å². The van der Waals surface area contributed by atoms with Crippen molar-refractivity contribution in [3.63, 3.8) is 0 Å². The van der Waals surface area contributed by atoms with Crippen molar-refractivity contribution >= 4 is 47.9 Å². The number of aliphatic hydroxyl groups excluding tert-OH is 1. The van der Waals surface area contributed by atoms with Crippen molar-refractivity contribution in [1.29, 1.82) is 0 Å². The Balaban J connectivity index is 2.39. The number of carbonyl (C=O) groups excluding carboxylic acids is 4. The number of anilines is 1. The third-order valence-electron chi connectivity index (χ3n) is 3.77. The van der Waals surface area contributed by atoms with Gasteiger partial charge in [-0.25, -0.2) is 4.79 Å². The molecule has 0 bridgehead atoms. The first-order chi connectivity index (χ1) is 14.3. The summed E-state index contributed by atoms with van der Waals surface area (Å²) in [5.41, 5.74) is 1.14. The molecule has 11 nitrogen and oxygen atoms in total. The van der Waals surface area contributed by atoms with E-state index in [1.807, 2.05) is 0 Å². The third kappa shape index (κ3) is 9.39. The zero-order chi connectivity index (χ0) is 22.5. The summed E-state index contributed by atoms with van der Waals surface area (Å²) in [6, 6.07) is 5.26. The average Bonchev–Trinajstić information content (AvgIpc) is 2.72. The average molecular weight is 440 g/mol.